The van der Waals surface area contributed by atoms with E-state index in [9.17, 15) is 4.79 Å². The second-order valence-electron chi connectivity index (χ2n) is 5.35. The van der Waals surface area contributed by atoms with Gasteiger partial charge in [-0.15, -0.1) is 0 Å². The molecule has 0 fully saturated rings. The summed E-state index contributed by atoms with van der Waals surface area (Å²) in [6.07, 6.45) is 5.35. The minimum Gasteiger partial charge on any atom is -0.484 e. The molecule has 0 aliphatic rings. The average molecular weight is 310 g/mol. The van der Waals surface area contributed by atoms with Crippen LogP contribution in [0.15, 0.2) is 53.5 Å². The molecule has 0 aromatic heterocycles. The smallest absolute Gasteiger partial charge is 0.255 e. The minimum absolute atomic E-state index is 0.113. The molecule has 0 radical (unpaired) electrons. The molecule has 0 bridgehead atoms. The fourth-order valence-electron chi connectivity index (χ4n) is 2.08. The second-order valence-corrected chi connectivity index (χ2v) is 5.35. The maximum Gasteiger partial charge on any atom is 0.255 e. The van der Waals surface area contributed by atoms with Gasteiger partial charge in [0.1, 0.15) is 5.75 Å². The van der Waals surface area contributed by atoms with Gasteiger partial charge in [0.2, 0.25) is 0 Å². The summed E-state index contributed by atoms with van der Waals surface area (Å²) in [5, 5.41) is 0. The number of hydrogen-bond acceptors (Lipinski definition) is 3. The summed E-state index contributed by atoms with van der Waals surface area (Å²) in [5.41, 5.74) is 8.28. The summed E-state index contributed by atoms with van der Waals surface area (Å²) >= 11 is 0. The summed E-state index contributed by atoms with van der Waals surface area (Å²) in [5.74, 6) is 0.124. The van der Waals surface area contributed by atoms with E-state index in [4.69, 9.17) is 10.5 Å². The van der Waals surface area contributed by atoms with E-state index in [0.717, 1.165) is 17.7 Å². The zero-order chi connectivity index (χ0) is 16.5. The number of carbonyl (C=O) groups excluding carboxylic acids is 1. The molecular weight excluding hydrogens is 288 g/mol. The molecule has 23 heavy (non-hydrogen) atoms. The zero-order valence-corrected chi connectivity index (χ0v) is 13.4. The van der Waals surface area contributed by atoms with Crippen molar-refractivity contribution in [3.63, 3.8) is 0 Å². The molecule has 4 heteroatoms. The Bertz CT molecular complexity index is 646. The van der Waals surface area contributed by atoms with Crippen molar-refractivity contribution in [1.82, 2.24) is 0 Å². The Morgan fingerprint density at radius 1 is 1.13 bits per heavy atom. The van der Waals surface area contributed by atoms with E-state index in [-0.39, 0.29) is 6.61 Å². The van der Waals surface area contributed by atoms with Gasteiger partial charge in [0, 0.05) is 6.21 Å². The first-order valence-corrected chi connectivity index (χ1v) is 7.81. The highest BCUT2D eigenvalue weighted by Crippen LogP contribution is 2.16. The van der Waals surface area contributed by atoms with E-state index < -0.39 is 5.91 Å². The minimum atomic E-state index is -0.488. The average Bonchev–Trinajstić information content (AvgIpc) is 2.58. The molecule has 1 amide bonds. The lowest BCUT2D eigenvalue weighted by Gasteiger charge is -2.03. The lowest BCUT2D eigenvalue weighted by atomic mass is 10.1. The Kier molecular flexibility index (Phi) is 6.36. The molecule has 0 heterocycles. The number of aryl methyl sites for hydroxylation is 1. The van der Waals surface area contributed by atoms with E-state index in [1.807, 2.05) is 24.3 Å². The van der Waals surface area contributed by atoms with Crippen molar-refractivity contribution in [3.05, 3.63) is 59.7 Å². The SMILES string of the molecule is CCCCc1ccc(N=Cc2ccc(OCC(N)=O)cc2)cc1. The van der Waals surface area contributed by atoms with Gasteiger partial charge >= 0.3 is 0 Å². The number of rotatable bonds is 8. The van der Waals surface area contributed by atoms with Crippen LogP contribution in [0.25, 0.3) is 0 Å². The van der Waals surface area contributed by atoms with Gasteiger partial charge in [-0.1, -0.05) is 25.5 Å². The Balaban J connectivity index is 1.92. The maximum absolute atomic E-state index is 10.7. The largest absolute Gasteiger partial charge is 0.484 e. The van der Waals surface area contributed by atoms with Crippen molar-refractivity contribution >= 4 is 17.8 Å². The summed E-state index contributed by atoms with van der Waals surface area (Å²) in [4.78, 5) is 15.1. The first kappa shape index (κ1) is 16.7. The molecule has 4 nitrogen and oxygen atoms in total. The number of benzene rings is 2. The molecule has 0 saturated heterocycles. The van der Waals surface area contributed by atoms with E-state index in [1.54, 1.807) is 18.3 Å². The second kappa shape index (κ2) is 8.73. The van der Waals surface area contributed by atoms with Crippen LogP contribution < -0.4 is 10.5 Å². The number of nitrogens with zero attached hydrogens (tertiary/aromatic N) is 1. The topological polar surface area (TPSA) is 64.7 Å². The van der Waals surface area contributed by atoms with Crippen LogP contribution in [0.2, 0.25) is 0 Å². The van der Waals surface area contributed by atoms with Crippen molar-refractivity contribution in [2.75, 3.05) is 6.61 Å². The van der Waals surface area contributed by atoms with Gasteiger partial charge in [0.05, 0.1) is 5.69 Å². The molecule has 0 spiro atoms. The summed E-state index contributed by atoms with van der Waals surface area (Å²) in [6.45, 7) is 2.08. The van der Waals surface area contributed by atoms with Gasteiger partial charge < -0.3 is 10.5 Å². The summed E-state index contributed by atoms with van der Waals surface area (Å²) in [7, 11) is 0. The Morgan fingerprint density at radius 2 is 1.83 bits per heavy atom. The summed E-state index contributed by atoms with van der Waals surface area (Å²) < 4.78 is 5.21. The van der Waals surface area contributed by atoms with E-state index >= 15 is 0 Å². The van der Waals surface area contributed by atoms with Gasteiger partial charge in [-0.3, -0.25) is 9.79 Å². The highest BCUT2D eigenvalue weighted by atomic mass is 16.5. The Morgan fingerprint density at radius 3 is 2.43 bits per heavy atom. The van der Waals surface area contributed by atoms with E-state index in [0.29, 0.717) is 5.75 Å². The van der Waals surface area contributed by atoms with Crippen LogP contribution >= 0.6 is 0 Å². The van der Waals surface area contributed by atoms with Crippen LogP contribution in [0, 0.1) is 0 Å². The monoisotopic (exact) mass is 310 g/mol. The third kappa shape index (κ3) is 5.94. The third-order valence-corrected chi connectivity index (χ3v) is 3.38. The lowest BCUT2D eigenvalue weighted by Crippen LogP contribution is -2.19. The van der Waals surface area contributed by atoms with Crippen molar-refractivity contribution in [1.29, 1.82) is 0 Å². The molecule has 0 aliphatic carbocycles. The number of ether oxygens (including phenoxy) is 1. The first-order chi connectivity index (χ1) is 11.2. The van der Waals surface area contributed by atoms with Gasteiger partial charge in [-0.2, -0.15) is 0 Å². The number of aliphatic imine (C=N–C) groups is 1. The van der Waals surface area contributed by atoms with Crippen LogP contribution in [0.1, 0.15) is 30.9 Å². The van der Waals surface area contributed by atoms with Gasteiger partial charge in [0.15, 0.2) is 6.61 Å². The van der Waals surface area contributed by atoms with Crippen LogP contribution in [0.5, 0.6) is 5.75 Å². The van der Waals surface area contributed by atoms with Crippen molar-refractivity contribution in [2.24, 2.45) is 10.7 Å². The molecule has 120 valence electrons. The highest BCUT2D eigenvalue weighted by molar-refractivity contribution is 5.82. The number of nitrogens with two attached hydrogens (primary N) is 1. The molecule has 0 aliphatic heterocycles. The van der Waals surface area contributed by atoms with Crippen LogP contribution in [0.4, 0.5) is 5.69 Å². The molecule has 0 atom stereocenters. The predicted molar refractivity (Wildman–Crippen MR) is 93.4 cm³/mol. The number of unbranched alkanes of at least 4 members (excludes halogenated alkanes) is 1. The molecule has 2 rings (SSSR count). The Labute approximate surface area is 137 Å². The first-order valence-electron chi connectivity index (χ1n) is 7.81. The number of primary amides is 1. The molecule has 0 saturated carbocycles. The molecule has 0 unspecified atom stereocenters. The molecular formula is C19H22N2O2. The number of amides is 1. The normalized spacial score (nSPS) is 10.8. The predicted octanol–water partition coefficient (Wildman–Crippen LogP) is 3.64. The number of carbonyl (C=O) groups is 1. The van der Waals surface area contributed by atoms with Gasteiger partial charge in [-0.05, 0) is 60.4 Å². The van der Waals surface area contributed by atoms with E-state index in [1.165, 1.54) is 18.4 Å². The number of hydrogen-bond donors (Lipinski definition) is 1. The molecule has 2 aromatic rings. The van der Waals surface area contributed by atoms with Crippen LogP contribution in [-0.2, 0) is 11.2 Å². The summed E-state index contributed by atoms with van der Waals surface area (Å²) in [6, 6.07) is 15.7. The Hall–Kier alpha value is -2.62. The fourth-order valence-corrected chi connectivity index (χ4v) is 2.08. The molecule has 2 N–H and O–H groups in total. The molecule has 2 aromatic carbocycles. The van der Waals surface area contributed by atoms with E-state index in [2.05, 4.69) is 24.0 Å². The van der Waals surface area contributed by atoms with Crippen molar-refractivity contribution in [2.45, 2.75) is 26.2 Å². The van der Waals surface area contributed by atoms with Crippen molar-refractivity contribution < 1.29 is 9.53 Å². The quantitative estimate of drug-likeness (QED) is 0.756. The van der Waals surface area contributed by atoms with Crippen LogP contribution in [-0.4, -0.2) is 18.7 Å². The van der Waals surface area contributed by atoms with Gasteiger partial charge in [-0.25, -0.2) is 0 Å². The standard InChI is InChI=1S/C19H22N2O2/c1-2-3-4-15-5-9-17(10-6-15)21-13-16-7-11-18(12-8-16)23-14-19(20)22/h5-13H,2-4,14H2,1H3,(H2,20,22). The fraction of sp³-hybridized carbons (Fsp3) is 0.263. The van der Waals surface area contributed by atoms with Crippen molar-refractivity contribution in [3.8, 4) is 5.75 Å². The van der Waals surface area contributed by atoms with Crippen LogP contribution in [0.3, 0.4) is 0 Å². The maximum atomic E-state index is 10.7. The zero-order valence-electron chi connectivity index (χ0n) is 13.4. The highest BCUT2D eigenvalue weighted by Gasteiger charge is 1.97. The third-order valence-electron chi connectivity index (χ3n) is 3.38. The lowest BCUT2D eigenvalue weighted by molar-refractivity contribution is -0.119. The van der Waals surface area contributed by atoms with Gasteiger partial charge in [0.25, 0.3) is 5.91 Å².